The molecule has 1 aliphatic heterocycles. The van der Waals surface area contributed by atoms with Crippen molar-refractivity contribution in [1.82, 2.24) is 9.55 Å². The van der Waals surface area contributed by atoms with E-state index in [2.05, 4.69) is 4.98 Å². The third-order valence-electron chi connectivity index (χ3n) is 2.26. The second-order valence-corrected chi connectivity index (χ2v) is 3.59. The Morgan fingerprint density at radius 3 is 3.00 bits per heavy atom. The van der Waals surface area contributed by atoms with Crippen LogP contribution in [-0.2, 0) is 6.54 Å². The van der Waals surface area contributed by atoms with E-state index < -0.39 is 5.69 Å². The maximum absolute atomic E-state index is 11.5. The molecule has 0 bridgehead atoms. The van der Waals surface area contributed by atoms with Gasteiger partial charge in [0.1, 0.15) is 5.56 Å². The Labute approximate surface area is 90.6 Å². The third-order valence-corrected chi connectivity index (χ3v) is 2.54. The van der Waals surface area contributed by atoms with Crippen molar-refractivity contribution in [1.29, 1.82) is 0 Å². The molecule has 0 aliphatic carbocycles. The Kier molecular flexibility index (Phi) is 2.73. The Morgan fingerprint density at radius 1 is 1.47 bits per heavy atom. The van der Waals surface area contributed by atoms with Crippen molar-refractivity contribution < 1.29 is 9.53 Å². The summed E-state index contributed by atoms with van der Waals surface area (Å²) in [5, 5.41) is -0.0943. The molecule has 1 aliphatic rings. The van der Waals surface area contributed by atoms with Crippen LogP contribution in [0.4, 0.5) is 0 Å². The Morgan fingerprint density at radius 2 is 2.27 bits per heavy atom. The van der Waals surface area contributed by atoms with Crippen molar-refractivity contribution >= 4 is 17.9 Å². The molecule has 2 rings (SSSR count). The highest BCUT2D eigenvalue weighted by Gasteiger charge is 2.18. The van der Waals surface area contributed by atoms with E-state index in [1.54, 1.807) is 0 Å². The van der Waals surface area contributed by atoms with Crippen LogP contribution in [-0.4, -0.2) is 22.4 Å². The number of fused-ring (bicyclic) bond motifs is 1. The SMILES string of the molecule is O=Cc1c(Cl)nc(=O)n2c1OCCCC2. The Balaban J connectivity index is 2.68. The number of halogens is 1. The fourth-order valence-electron chi connectivity index (χ4n) is 1.52. The number of rotatable bonds is 1. The third kappa shape index (κ3) is 1.74. The molecule has 1 aromatic rings. The fraction of sp³-hybridized carbons (Fsp3) is 0.444. The first-order valence-corrected chi connectivity index (χ1v) is 5.00. The molecule has 6 heteroatoms. The van der Waals surface area contributed by atoms with Gasteiger partial charge < -0.3 is 4.74 Å². The molecular weight excluding hydrogens is 220 g/mol. The zero-order valence-corrected chi connectivity index (χ0v) is 8.66. The molecule has 5 nitrogen and oxygen atoms in total. The van der Waals surface area contributed by atoms with Crippen molar-refractivity contribution in [2.45, 2.75) is 19.4 Å². The average Bonchev–Trinajstić information content (AvgIpc) is 2.44. The second-order valence-electron chi connectivity index (χ2n) is 3.23. The fourth-order valence-corrected chi connectivity index (χ4v) is 1.72. The van der Waals surface area contributed by atoms with Gasteiger partial charge in [-0.1, -0.05) is 11.6 Å². The highest BCUT2D eigenvalue weighted by Crippen LogP contribution is 2.23. The van der Waals surface area contributed by atoms with Gasteiger partial charge in [-0.25, -0.2) is 4.79 Å². The number of aromatic nitrogens is 2. The molecule has 0 saturated carbocycles. The minimum Gasteiger partial charge on any atom is -0.478 e. The van der Waals surface area contributed by atoms with Crippen molar-refractivity contribution in [3.05, 3.63) is 21.2 Å². The molecule has 0 aromatic carbocycles. The molecule has 0 radical (unpaired) electrons. The van der Waals surface area contributed by atoms with Gasteiger partial charge in [0.05, 0.1) is 6.61 Å². The van der Waals surface area contributed by atoms with Crippen LogP contribution in [0.5, 0.6) is 5.88 Å². The van der Waals surface area contributed by atoms with Gasteiger partial charge in [0.15, 0.2) is 11.4 Å². The minimum absolute atomic E-state index is 0.0943. The molecule has 80 valence electrons. The van der Waals surface area contributed by atoms with E-state index in [0.29, 0.717) is 19.4 Å². The number of ether oxygens (including phenoxy) is 1. The van der Waals surface area contributed by atoms with Crippen LogP contribution in [0.1, 0.15) is 23.2 Å². The summed E-state index contributed by atoms with van der Waals surface area (Å²) in [5.74, 6) is 0.243. The topological polar surface area (TPSA) is 61.2 Å². The second kappa shape index (κ2) is 4.02. The van der Waals surface area contributed by atoms with Gasteiger partial charge in [-0.15, -0.1) is 0 Å². The normalized spacial score (nSPS) is 15.0. The smallest absolute Gasteiger partial charge is 0.351 e. The van der Waals surface area contributed by atoms with Gasteiger partial charge in [0.25, 0.3) is 0 Å². The number of carbonyl (C=O) groups excluding carboxylic acids is 1. The lowest BCUT2D eigenvalue weighted by Crippen LogP contribution is -2.25. The summed E-state index contributed by atoms with van der Waals surface area (Å²) in [5.41, 5.74) is -0.319. The molecule has 0 amide bonds. The number of hydrogen-bond donors (Lipinski definition) is 0. The summed E-state index contributed by atoms with van der Waals surface area (Å²) in [6, 6.07) is 0. The lowest BCUT2D eigenvalue weighted by Gasteiger charge is -2.10. The van der Waals surface area contributed by atoms with E-state index in [-0.39, 0.29) is 16.6 Å². The summed E-state index contributed by atoms with van der Waals surface area (Å²) in [6.07, 6.45) is 2.23. The van der Waals surface area contributed by atoms with Crippen LogP contribution in [0.3, 0.4) is 0 Å². The Bertz CT molecular complexity index is 455. The van der Waals surface area contributed by atoms with Crippen molar-refractivity contribution in [3.63, 3.8) is 0 Å². The maximum Gasteiger partial charge on any atom is 0.351 e. The Hall–Kier alpha value is -1.36. The zero-order chi connectivity index (χ0) is 10.8. The molecule has 1 aromatic heterocycles. The summed E-state index contributed by atoms with van der Waals surface area (Å²) in [4.78, 5) is 25.8. The first-order chi connectivity index (χ1) is 7.24. The van der Waals surface area contributed by atoms with E-state index in [9.17, 15) is 9.59 Å². The van der Waals surface area contributed by atoms with Gasteiger partial charge in [0, 0.05) is 6.54 Å². The predicted octanol–water partition coefficient (Wildman–Crippen LogP) is 0.882. The number of hydrogen-bond acceptors (Lipinski definition) is 4. The van der Waals surface area contributed by atoms with E-state index >= 15 is 0 Å². The largest absolute Gasteiger partial charge is 0.478 e. The summed E-state index contributed by atoms with van der Waals surface area (Å²) in [6.45, 7) is 1.000. The van der Waals surface area contributed by atoms with Gasteiger partial charge in [0.2, 0.25) is 5.88 Å². The van der Waals surface area contributed by atoms with Gasteiger partial charge >= 0.3 is 5.69 Å². The molecule has 0 unspecified atom stereocenters. The summed E-state index contributed by atoms with van der Waals surface area (Å²) >= 11 is 5.68. The molecule has 0 N–H and O–H groups in total. The molecule has 0 saturated heterocycles. The zero-order valence-electron chi connectivity index (χ0n) is 7.90. The number of aldehydes is 1. The molecule has 0 spiro atoms. The molecule has 0 fully saturated rings. The molecule has 2 heterocycles. The minimum atomic E-state index is -0.470. The van der Waals surface area contributed by atoms with Crippen LogP contribution in [0, 0.1) is 0 Å². The maximum atomic E-state index is 11.5. The number of carbonyl (C=O) groups is 1. The first kappa shape index (κ1) is 10.2. The van der Waals surface area contributed by atoms with Gasteiger partial charge in [-0.05, 0) is 12.8 Å². The predicted molar refractivity (Wildman–Crippen MR) is 53.6 cm³/mol. The summed E-state index contributed by atoms with van der Waals surface area (Å²) < 4.78 is 6.69. The number of nitrogens with zero attached hydrogens (tertiary/aromatic N) is 2. The molecular formula is C9H9ClN2O3. The average molecular weight is 229 g/mol. The quantitative estimate of drug-likeness (QED) is 0.529. The molecule has 0 atom stereocenters. The van der Waals surface area contributed by atoms with Gasteiger partial charge in [-0.2, -0.15) is 4.98 Å². The van der Waals surface area contributed by atoms with Crippen LogP contribution in [0.25, 0.3) is 0 Å². The van der Waals surface area contributed by atoms with Crippen LogP contribution in [0.2, 0.25) is 5.15 Å². The van der Waals surface area contributed by atoms with E-state index in [1.165, 1.54) is 4.57 Å². The van der Waals surface area contributed by atoms with E-state index in [4.69, 9.17) is 16.3 Å². The standard InChI is InChI=1S/C9H9ClN2O3/c10-7-6(5-13)8-12(9(14)11-7)3-1-2-4-15-8/h5H,1-4H2. The van der Waals surface area contributed by atoms with Crippen molar-refractivity contribution in [2.75, 3.05) is 6.61 Å². The first-order valence-electron chi connectivity index (χ1n) is 4.62. The van der Waals surface area contributed by atoms with Crippen LogP contribution >= 0.6 is 11.6 Å². The monoisotopic (exact) mass is 228 g/mol. The van der Waals surface area contributed by atoms with Crippen LogP contribution in [0.15, 0.2) is 4.79 Å². The lowest BCUT2D eigenvalue weighted by molar-refractivity contribution is 0.111. The van der Waals surface area contributed by atoms with Crippen LogP contribution < -0.4 is 10.4 Å². The van der Waals surface area contributed by atoms with E-state index in [0.717, 1.165) is 12.8 Å². The lowest BCUT2D eigenvalue weighted by atomic mass is 10.3. The van der Waals surface area contributed by atoms with Crippen molar-refractivity contribution in [2.24, 2.45) is 0 Å². The van der Waals surface area contributed by atoms with E-state index in [1.807, 2.05) is 0 Å². The van der Waals surface area contributed by atoms with Crippen molar-refractivity contribution in [3.8, 4) is 5.88 Å². The highest BCUT2D eigenvalue weighted by atomic mass is 35.5. The van der Waals surface area contributed by atoms with Gasteiger partial charge in [-0.3, -0.25) is 9.36 Å². The molecule has 15 heavy (non-hydrogen) atoms. The summed E-state index contributed by atoms with van der Waals surface area (Å²) in [7, 11) is 0. The highest BCUT2D eigenvalue weighted by molar-refractivity contribution is 6.31.